The maximum atomic E-state index is 13.2. The summed E-state index contributed by atoms with van der Waals surface area (Å²) in [5.41, 5.74) is 3.40. The van der Waals surface area contributed by atoms with E-state index in [1.165, 1.54) is 0 Å². The van der Waals surface area contributed by atoms with E-state index >= 15 is 0 Å². The molecular formula is C21H20N2O3. The first kappa shape index (κ1) is 16.4. The molecule has 26 heavy (non-hydrogen) atoms. The Morgan fingerprint density at radius 1 is 1.15 bits per heavy atom. The maximum absolute atomic E-state index is 13.2. The normalized spacial score (nSPS) is 13.4. The zero-order valence-electron chi connectivity index (χ0n) is 14.9. The number of fused-ring (bicyclic) bond motifs is 1. The quantitative estimate of drug-likeness (QED) is 0.710. The third kappa shape index (κ3) is 2.75. The fourth-order valence-electron chi connectivity index (χ4n) is 3.40. The molecule has 0 radical (unpaired) electrons. The van der Waals surface area contributed by atoms with Crippen LogP contribution in [0.2, 0.25) is 0 Å². The average Bonchev–Trinajstić information content (AvgIpc) is 3.09. The summed E-state index contributed by atoms with van der Waals surface area (Å²) in [5, 5.41) is 0. The summed E-state index contributed by atoms with van der Waals surface area (Å²) < 4.78 is 11.4. The van der Waals surface area contributed by atoms with Gasteiger partial charge in [0.05, 0.1) is 18.5 Å². The first-order valence-corrected chi connectivity index (χ1v) is 8.69. The van der Waals surface area contributed by atoms with Crippen LogP contribution in [-0.2, 0) is 6.42 Å². The molecule has 0 N–H and O–H groups in total. The van der Waals surface area contributed by atoms with Gasteiger partial charge in [-0.3, -0.25) is 4.79 Å². The van der Waals surface area contributed by atoms with Crippen molar-refractivity contribution in [3.8, 4) is 17.2 Å². The Morgan fingerprint density at radius 2 is 1.96 bits per heavy atom. The van der Waals surface area contributed by atoms with E-state index in [-0.39, 0.29) is 11.7 Å². The number of hydrogen-bond acceptors (Lipinski definition) is 4. The van der Waals surface area contributed by atoms with E-state index in [0.29, 0.717) is 23.9 Å². The van der Waals surface area contributed by atoms with Crippen molar-refractivity contribution in [1.29, 1.82) is 0 Å². The maximum Gasteiger partial charge on any atom is 0.296 e. The first-order chi connectivity index (χ1) is 12.7. The van der Waals surface area contributed by atoms with Gasteiger partial charge >= 0.3 is 0 Å². The molecule has 2 aromatic carbocycles. The Balaban J connectivity index is 1.73. The lowest BCUT2D eigenvalue weighted by Gasteiger charge is -2.30. The minimum absolute atomic E-state index is 0.178. The second-order valence-electron chi connectivity index (χ2n) is 6.33. The number of nitrogens with zero attached hydrogens (tertiary/aromatic N) is 2. The molecular weight excluding hydrogens is 328 g/mol. The van der Waals surface area contributed by atoms with Crippen molar-refractivity contribution in [2.24, 2.45) is 0 Å². The van der Waals surface area contributed by atoms with Gasteiger partial charge in [0, 0.05) is 12.1 Å². The molecule has 0 atom stereocenters. The van der Waals surface area contributed by atoms with Crippen molar-refractivity contribution in [1.82, 2.24) is 4.98 Å². The lowest BCUT2D eigenvalue weighted by Crippen LogP contribution is -2.36. The molecule has 0 fully saturated rings. The number of aryl methyl sites for hydroxylation is 2. The molecule has 4 rings (SSSR count). The number of ether oxygens (including phenoxy) is 1. The van der Waals surface area contributed by atoms with Crippen LogP contribution >= 0.6 is 0 Å². The minimum Gasteiger partial charge on any atom is -0.495 e. The monoisotopic (exact) mass is 348 g/mol. The number of rotatable bonds is 3. The van der Waals surface area contributed by atoms with E-state index in [2.05, 4.69) is 4.98 Å². The smallest absolute Gasteiger partial charge is 0.296 e. The van der Waals surface area contributed by atoms with Crippen LogP contribution in [0.15, 0.2) is 52.9 Å². The predicted octanol–water partition coefficient (Wildman–Crippen LogP) is 4.25. The first-order valence-electron chi connectivity index (χ1n) is 8.69. The fraction of sp³-hybridized carbons (Fsp3) is 0.238. The number of hydrogen-bond donors (Lipinski definition) is 0. The number of para-hydroxylation sites is 1. The molecule has 3 aromatic rings. The Hall–Kier alpha value is -3.08. The number of carbonyl (C=O) groups is 1. The lowest BCUT2D eigenvalue weighted by molar-refractivity contribution is 0.0957. The Kier molecular flexibility index (Phi) is 4.21. The number of amides is 1. The zero-order chi connectivity index (χ0) is 18.1. The van der Waals surface area contributed by atoms with Gasteiger partial charge in [0.1, 0.15) is 5.75 Å². The van der Waals surface area contributed by atoms with Gasteiger partial charge in [-0.2, -0.15) is 0 Å². The molecule has 0 saturated heterocycles. The summed E-state index contributed by atoms with van der Waals surface area (Å²) in [6.45, 7) is 2.43. The molecule has 132 valence electrons. The van der Waals surface area contributed by atoms with Crippen LogP contribution < -0.4 is 9.64 Å². The zero-order valence-corrected chi connectivity index (χ0v) is 14.9. The Labute approximate surface area is 152 Å². The standard InChI is InChI=1S/C21H20N2O3/c1-14-19(26-20(22-14)16-8-4-3-5-9-16)21(24)23-13-7-11-15-10-6-12-17(25-2)18(15)23/h3-6,8-10,12H,7,11,13H2,1-2H3. The molecule has 1 aliphatic heterocycles. The number of benzene rings is 2. The molecule has 0 unspecified atom stereocenters. The molecule has 5 nitrogen and oxygen atoms in total. The summed E-state index contributed by atoms with van der Waals surface area (Å²) in [4.78, 5) is 19.4. The van der Waals surface area contributed by atoms with Gasteiger partial charge in [0.2, 0.25) is 11.7 Å². The van der Waals surface area contributed by atoms with Crippen LogP contribution in [0.3, 0.4) is 0 Å². The molecule has 0 spiro atoms. The molecule has 2 heterocycles. The van der Waals surface area contributed by atoms with E-state index in [1.807, 2.05) is 48.5 Å². The Morgan fingerprint density at radius 3 is 2.73 bits per heavy atom. The number of anilines is 1. The van der Waals surface area contributed by atoms with Crippen molar-refractivity contribution in [3.63, 3.8) is 0 Å². The predicted molar refractivity (Wildman–Crippen MR) is 99.7 cm³/mol. The lowest BCUT2D eigenvalue weighted by atomic mass is 10.0. The van der Waals surface area contributed by atoms with Crippen molar-refractivity contribution in [2.45, 2.75) is 19.8 Å². The van der Waals surface area contributed by atoms with Gasteiger partial charge in [-0.15, -0.1) is 0 Å². The highest BCUT2D eigenvalue weighted by Crippen LogP contribution is 2.37. The van der Waals surface area contributed by atoms with Crippen molar-refractivity contribution < 1.29 is 13.9 Å². The summed E-state index contributed by atoms with van der Waals surface area (Å²) >= 11 is 0. The van der Waals surface area contributed by atoms with E-state index in [1.54, 1.807) is 18.9 Å². The van der Waals surface area contributed by atoms with Crippen molar-refractivity contribution in [3.05, 3.63) is 65.5 Å². The van der Waals surface area contributed by atoms with Gasteiger partial charge in [0.15, 0.2) is 0 Å². The van der Waals surface area contributed by atoms with E-state index in [0.717, 1.165) is 29.7 Å². The third-order valence-electron chi connectivity index (χ3n) is 4.66. The van der Waals surface area contributed by atoms with Gasteiger partial charge in [0.25, 0.3) is 5.91 Å². The van der Waals surface area contributed by atoms with Crippen LogP contribution in [0.5, 0.6) is 5.75 Å². The summed E-state index contributed by atoms with van der Waals surface area (Å²) in [6.07, 6.45) is 1.84. The van der Waals surface area contributed by atoms with Crippen LogP contribution in [0.25, 0.3) is 11.5 Å². The highest BCUT2D eigenvalue weighted by atomic mass is 16.5. The second-order valence-corrected chi connectivity index (χ2v) is 6.33. The number of carbonyl (C=O) groups excluding carboxylic acids is 1. The van der Waals surface area contributed by atoms with E-state index in [4.69, 9.17) is 9.15 Å². The molecule has 1 aromatic heterocycles. The Bertz CT molecular complexity index is 933. The average molecular weight is 348 g/mol. The van der Waals surface area contributed by atoms with Gasteiger partial charge in [-0.05, 0) is 43.5 Å². The topological polar surface area (TPSA) is 55.6 Å². The highest BCUT2D eigenvalue weighted by Gasteiger charge is 2.30. The highest BCUT2D eigenvalue weighted by molar-refractivity contribution is 6.06. The van der Waals surface area contributed by atoms with E-state index in [9.17, 15) is 4.79 Å². The van der Waals surface area contributed by atoms with Crippen LogP contribution in [0, 0.1) is 6.92 Å². The summed E-state index contributed by atoms with van der Waals surface area (Å²) in [5.74, 6) is 1.27. The summed E-state index contributed by atoms with van der Waals surface area (Å²) in [7, 11) is 1.63. The fourth-order valence-corrected chi connectivity index (χ4v) is 3.40. The molecule has 1 amide bonds. The molecule has 0 bridgehead atoms. The van der Waals surface area contributed by atoms with Crippen molar-refractivity contribution >= 4 is 11.6 Å². The van der Waals surface area contributed by atoms with Crippen molar-refractivity contribution in [2.75, 3.05) is 18.6 Å². The van der Waals surface area contributed by atoms with Gasteiger partial charge < -0.3 is 14.1 Å². The van der Waals surface area contributed by atoms with Gasteiger partial charge in [-0.1, -0.05) is 30.3 Å². The molecule has 1 aliphatic rings. The minimum atomic E-state index is -0.178. The second kappa shape index (κ2) is 6.67. The number of methoxy groups -OCH3 is 1. The summed E-state index contributed by atoms with van der Waals surface area (Å²) in [6, 6.07) is 15.5. The largest absolute Gasteiger partial charge is 0.495 e. The van der Waals surface area contributed by atoms with Crippen LogP contribution in [0.1, 0.15) is 28.2 Å². The molecule has 5 heteroatoms. The van der Waals surface area contributed by atoms with E-state index < -0.39 is 0 Å². The SMILES string of the molecule is COc1cccc2c1N(C(=O)c1oc(-c3ccccc3)nc1C)CCC2. The van der Waals surface area contributed by atoms with Crippen LogP contribution in [0.4, 0.5) is 5.69 Å². The molecule has 0 aliphatic carbocycles. The number of oxazole rings is 1. The third-order valence-corrected chi connectivity index (χ3v) is 4.66. The van der Waals surface area contributed by atoms with Crippen LogP contribution in [-0.4, -0.2) is 24.5 Å². The van der Waals surface area contributed by atoms with Gasteiger partial charge in [-0.25, -0.2) is 4.98 Å². The number of aromatic nitrogens is 1. The molecule has 0 saturated carbocycles.